The number of amides is 2. The lowest BCUT2D eigenvalue weighted by atomic mass is 10.2. The predicted octanol–water partition coefficient (Wildman–Crippen LogP) is 4.94. The van der Waals surface area contributed by atoms with E-state index in [1.165, 1.54) is 18.9 Å². The number of carbonyl (C=O) groups excluding carboxylic acids is 2. The van der Waals surface area contributed by atoms with Crippen LogP contribution in [0.4, 0.5) is 5.69 Å². The Bertz CT molecular complexity index is 1160. The summed E-state index contributed by atoms with van der Waals surface area (Å²) in [5.74, 6) is 0.794. The Morgan fingerprint density at radius 2 is 2.00 bits per heavy atom. The van der Waals surface area contributed by atoms with Crippen LogP contribution >= 0.6 is 39.3 Å². The summed E-state index contributed by atoms with van der Waals surface area (Å²) in [7, 11) is 1.52. The zero-order valence-electron chi connectivity index (χ0n) is 18.3. The Hall–Kier alpha value is -2.56. The maximum absolute atomic E-state index is 12.6. The van der Waals surface area contributed by atoms with E-state index in [0.717, 1.165) is 0 Å². The van der Waals surface area contributed by atoms with Crippen LogP contribution < -0.4 is 15.4 Å². The number of benzene rings is 2. The zero-order valence-corrected chi connectivity index (χ0v) is 21.4. The van der Waals surface area contributed by atoms with Crippen molar-refractivity contribution in [2.45, 2.75) is 31.6 Å². The second kappa shape index (κ2) is 11.5. The summed E-state index contributed by atoms with van der Waals surface area (Å²) in [4.78, 5) is 25.1. The van der Waals surface area contributed by atoms with Crippen molar-refractivity contribution in [1.29, 1.82) is 0 Å². The highest BCUT2D eigenvalue weighted by atomic mass is 79.9. The topological polar surface area (TPSA) is 98.1 Å². The molecule has 8 nitrogen and oxygen atoms in total. The van der Waals surface area contributed by atoms with Gasteiger partial charge in [-0.2, -0.15) is 0 Å². The maximum Gasteiger partial charge on any atom is 0.253 e. The lowest BCUT2D eigenvalue weighted by Gasteiger charge is -2.15. The van der Waals surface area contributed by atoms with Crippen LogP contribution in [0.25, 0.3) is 0 Å². The summed E-state index contributed by atoms with van der Waals surface area (Å²) in [6.45, 7) is 4.39. The van der Waals surface area contributed by atoms with Crippen molar-refractivity contribution in [2.24, 2.45) is 0 Å². The van der Waals surface area contributed by atoms with Crippen molar-refractivity contribution in [3.63, 3.8) is 0 Å². The van der Waals surface area contributed by atoms with Gasteiger partial charge in [0.15, 0.2) is 11.0 Å². The SMILES string of the molecule is CCn1c(SCC(=O)Nc2cc(Cl)ccc2OC)nnc1[C@@H](C)NC(=O)c1ccccc1Br. The number of ether oxygens (including phenoxy) is 1. The maximum atomic E-state index is 12.6. The smallest absolute Gasteiger partial charge is 0.253 e. The third-order valence-corrected chi connectivity index (χ3v) is 6.58. The van der Waals surface area contributed by atoms with E-state index in [2.05, 4.69) is 36.8 Å². The quantitative estimate of drug-likeness (QED) is 0.365. The summed E-state index contributed by atoms with van der Waals surface area (Å²) >= 11 is 10.7. The molecule has 1 aromatic heterocycles. The van der Waals surface area contributed by atoms with Gasteiger partial charge in [-0.1, -0.05) is 35.5 Å². The number of rotatable bonds is 9. The van der Waals surface area contributed by atoms with Gasteiger partial charge in [-0.25, -0.2) is 0 Å². The molecule has 1 heterocycles. The number of hydrogen-bond donors (Lipinski definition) is 2. The van der Waals surface area contributed by atoms with E-state index in [0.29, 0.717) is 44.0 Å². The number of aromatic nitrogens is 3. The predicted molar refractivity (Wildman–Crippen MR) is 133 cm³/mol. The van der Waals surface area contributed by atoms with Gasteiger partial charge >= 0.3 is 0 Å². The van der Waals surface area contributed by atoms with Gasteiger partial charge in [-0.3, -0.25) is 9.59 Å². The average Bonchev–Trinajstić information content (AvgIpc) is 3.21. The highest BCUT2D eigenvalue weighted by Gasteiger charge is 2.21. The van der Waals surface area contributed by atoms with Gasteiger partial charge in [0.05, 0.1) is 30.2 Å². The summed E-state index contributed by atoms with van der Waals surface area (Å²) in [5, 5.41) is 15.3. The second-order valence-electron chi connectivity index (χ2n) is 6.94. The number of nitrogens with zero attached hydrogens (tertiary/aromatic N) is 3. The minimum absolute atomic E-state index is 0.117. The van der Waals surface area contributed by atoms with E-state index in [9.17, 15) is 9.59 Å². The lowest BCUT2D eigenvalue weighted by molar-refractivity contribution is -0.113. The van der Waals surface area contributed by atoms with E-state index < -0.39 is 0 Å². The second-order valence-corrected chi connectivity index (χ2v) is 9.17. The van der Waals surface area contributed by atoms with Gasteiger partial charge in [0, 0.05) is 16.0 Å². The number of anilines is 1. The standard InChI is InChI=1S/C22H23BrClN5O3S/c1-4-29-20(13(2)25-21(31)15-7-5-6-8-16(15)23)27-28-22(29)33-12-19(30)26-17-11-14(24)9-10-18(17)32-3/h5-11,13H,4,12H2,1-3H3,(H,25,31)(H,26,30)/t13-/m1/s1. The molecule has 3 rings (SSSR count). The molecule has 0 aliphatic rings. The molecule has 0 unspecified atom stereocenters. The summed E-state index contributed by atoms with van der Waals surface area (Å²) in [6, 6.07) is 11.8. The van der Waals surface area contributed by atoms with Gasteiger partial charge in [-0.15, -0.1) is 10.2 Å². The summed E-state index contributed by atoms with van der Waals surface area (Å²) in [6.07, 6.45) is 0. The van der Waals surface area contributed by atoms with Gasteiger partial charge < -0.3 is 19.9 Å². The fourth-order valence-electron chi connectivity index (χ4n) is 3.10. The average molecular weight is 553 g/mol. The monoisotopic (exact) mass is 551 g/mol. The number of carbonyl (C=O) groups is 2. The Morgan fingerprint density at radius 1 is 1.24 bits per heavy atom. The highest BCUT2D eigenvalue weighted by molar-refractivity contribution is 9.10. The Morgan fingerprint density at radius 3 is 2.70 bits per heavy atom. The molecule has 11 heteroatoms. The highest BCUT2D eigenvalue weighted by Crippen LogP contribution is 2.28. The largest absolute Gasteiger partial charge is 0.495 e. The molecular formula is C22H23BrClN5O3S. The van der Waals surface area contributed by atoms with Crippen molar-refractivity contribution >= 4 is 56.8 Å². The van der Waals surface area contributed by atoms with E-state index in [4.69, 9.17) is 16.3 Å². The van der Waals surface area contributed by atoms with Crippen LogP contribution in [-0.2, 0) is 11.3 Å². The van der Waals surface area contributed by atoms with Crippen molar-refractivity contribution in [1.82, 2.24) is 20.1 Å². The van der Waals surface area contributed by atoms with Crippen molar-refractivity contribution in [3.8, 4) is 5.75 Å². The lowest BCUT2D eigenvalue weighted by Crippen LogP contribution is -2.29. The molecule has 1 atom stereocenters. The molecule has 0 saturated heterocycles. The van der Waals surface area contributed by atoms with Crippen LogP contribution in [0.15, 0.2) is 52.1 Å². The van der Waals surface area contributed by atoms with E-state index in [1.807, 2.05) is 30.5 Å². The molecule has 0 spiro atoms. The van der Waals surface area contributed by atoms with Crippen LogP contribution in [0.5, 0.6) is 5.75 Å². The van der Waals surface area contributed by atoms with E-state index in [1.54, 1.807) is 30.3 Å². The Balaban J connectivity index is 1.65. The number of nitrogens with one attached hydrogen (secondary N) is 2. The van der Waals surface area contributed by atoms with Gasteiger partial charge in [-0.05, 0) is 60.1 Å². The first-order valence-corrected chi connectivity index (χ1v) is 12.2. The molecule has 0 saturated carbocycles. The molecule has 2 N–H and O–H groups in total. The molecule has 33 heavy (non-hydrogen) atoms. The van der Waals surface area contributed by atoms with Crippen LogP contribution in [0.2, 0.25) is 5.02 Å². The van der Waals surface area contributed by atoms with E-state index in [-0.39, 0.29) is 23.6 Å². The molecule has 2 aromatic carbocycles. The van der Waals surface area contributed by atoms with Crippen LogP contribution in [-0.4, -0.2) is 39.4 Å². The number of halogens is 2. The molecule has 3 aromatic rings. The third-order valence-electron chi connectivity index (χ3n) is 4.68. The minimum Gasteiger partial charge on any atom is -0.495 e. The van der Waals surface area contributed by atoms with Crippen molar-refractivity contribution in [3.05, 3.63) is 63.3 Å². The van der Waals surface area contributed by atoms with E-state index >= 15 is 0 Å². The molecule has 0 bridgehead atoms. The first-order valence-electron chi connectivity index (χ1n) is 10.1. The molecular weight excluding hydrogens is 530 g/mol. The van der Waals surface area contributed by atoms with Crippen molar-refractivity contribution in [2.75, 3.05) is 18.2 Å². The molecule has 0 aliphatic heterocycles. The van der Waals surface area contributed by atoms with Crippen LogP contribution in [0.1, 0.15) is 36.1 Å². The Kier molecular flexibility index (Phi) is 8.76. The van der Waals surface area contributed by atoms with Crippen LogP contribution in [0, 0.1) is 0 Å². The van der Waals surface area contributed by atoms with Crippen LogP contribution in [0.3, 0.4) is 0 Å². The van der Waals surface area contributed by atoms with Crippen molar-refractivity contribution < 1.29 is 14.3 Å². The molecule has 0 radical (unpaired) electrons. The number of hydrogen-bond acceptors (Lipinski definition) is 6. The number of methoxy groups -OCH3 is 1. The fourth-order valence-corrected chi connectivity index (χ4v) is 4.55. The fraction of sp³-hybridized carbons (Fsp3) is 0.273. The summed E-state index contributed by atoms with van der Waals surface area (Å²) < 4.78 is 7.85. The van der Waals surface area contributed by atoms with Gasteiger partial charge in [0.2, 0.25) is 5.91 Å². The first kappa shape index (κ1) is 25.1. The molecule has 2 amide bonds. The zero-order chi connectivity index (χ0) is 24.0. The van der Waals surface area contributed by atoms with Gasteiger partial charge in [0.1, 0.15) is 5.75 Å². The molecule has 174 valence electrons. The Labute approximate surface area is 209 Å². The van der Waals surface area contributed by atoms with Gasteiger partial charge in [0.25, 0.3) is 5.91 Å². The first-order chi connectivity index (χ1) is 15.8. The third kappa shape index (κ3) is 6.27. The minimum atomic E-state index is -0.379. The molecule has 0 fully saturated rings. The molecule has 0 aliphatic carbocycles. The number of thioether (sulfide) groups is 1. The normalized spacial score (nSPS) is 11.7. The summed E-state index contributed by atoms with van der Waals surface area (Å²) in [5.41, 5.74) is 1.03.